The van der Waals surface area contributed by atoms with Gasteiger partial charge in [-0.2, -0.15) is 0 Å². The molecule has 0 aliphatic rings. The van der Waals surface area contributed by atoms with Crippen LogP contribution in [0.5, 0.6) is 5.75 Å². The van der Waals surface area contributed by atoms with Gasteiger partial charge in [-0.05, 0) is 41.8 Å². The molecule has 3 nitrogen and oxygen atoms in total. The average Bonchev–Trinajstić information content (AvgIpc) is 2.59. The summed E-state index contributed by atoms with van der Waals surface area (Å²) in [5, 5.41) is 0.997. The Kier molecular flexibility index (Phi) is 4.72. The van der Waals surface area contributed by atoms with E-state index in [1.807, 2.05) is 36.4 Å². The van der Waals surface area contributed by atoms with E-state index in [-0.39, 0.29) is 5.63 Å². The summed E-state index contributed by atoms with van der Waals surface area (Å²) in [5.74, 6) is 1.54. The molecule has 0 fully saturated rings. The Hall–Kier alpha value is -2.20. The fraction of sp³-hybridized carbons (Fsp3) is 0.211. The van der Waals surface area contributed by atoms with E-state index in [2.05, 4.69) is 13.0 Å². The Morgan fingerprint density at radius 3 is 2.78 bits per heavy atom. The monoisotopic (exact) mass is 326 g/mol. The molecule has 0 bridgehead atoms. The molecule has 0 unspecified atom stereocenters. The number of fused-ring (bicyclic) bond motifs is 1. The number of benzene rings is 2. The molecule has 0 atom stereocenters. The van der Waals surface area contributed by atoms with Crippen LogP contribution in [0.4, 0.5) is 0 Å². The predicted octanol–water partition coefficient (Wildman–Crippen LogP) is 4.66. The molecular weight excluding hydrogens is 308 g/mol. The van der Waals surface area contributed by atoms with Crippen molar-refractivity contribution in [1.82, 2.24) is 0 Å². The van der Waals surface area contributed by atoms with Crippen LogP contribution in [0, 0.1) is 0 Å². The molecule has 1 heterocycles. The molecule has 0 aliphatic carbocycles. The molecule has 0 N–H and O–H groups in total. The molecule has 118 valence electrons. The molecule has 0 radical (unpaired) electrons. The van der Waals surface area contributed by atoms with Gasteiger partial charge in [0.1, 0.15) is 11.3 Å². The van der Waals surface area contributed by atoms with Gasteiger partial charge in [-0.15, -0.1) is 11.8 Å². The molecule has 3 rings (SSSR count). The summed E-state index contributed by atoms with van der Waals surface area (Å²) in [6, 6.07) is 15.6. The van der Waals surface area contributed by atoms with Crippen molar-refractivity contribution in [2.75, 3.05) is 7.11 Å². The number of ether oxygens (including phenoxy) is 1. The SMILES string of the molecule is CCc1ccc2c(CSc3cccc(OC)c3)cc(=O)oc2c1. The number of hydrogen-bond donors (Lipinski definition) is 0. The van der Waals surface area contributed by atoms with Gasteiger partial charge in [0, 0.05) is 22.1 Å². The van der Waals surface area contributed by atoms with Gasteiger partial charge in [-0.25, -0.2) is 4.79 Å². The zero-order chi connectivity index (χ0) is 16.2. The highest BCUT2D eigenvalue weighted by atomic mass is 32.2. The van der Waals surface area contributed by atoms with Crippen LogP contribution in [0.15, 0.2) is 62.6 Å². The van der Waals surface area contributed by atoms with Crippen molar-refractivity contribution in [2.45, 2.75) is 24.0 Å². The second kappa shape index (κ2) is 6.92. The number of methoxy groups -OCH3 is 1. The lowest BCUT2D eigenvalue weighted by atomic mass is 10.1. The summed E-state index contributed by atoms with van der Waals surface area (Å²) in [7, 11) is 1.66. The second-order valence-electron chi connectivity index (χ2n) is 5.24. The van der Waals surface area contributed by atoms with E-state index in [1.165, 1.54) is 5.56 Å². The highest BCUT2D eigenvalue weighted by Crippen LogP contribution is 2.29. The Bertz CT molecular complexity index is 883. The van der Waals surface area contributed by atoms with Crippen molar-refractivity contribution in [1.29, 1.82) is 0 Å². The lowest BCUT2D eigenvalue weighted by molar-refractivity contribution is 0.413. The molecule has 2 aromatic carbocycles. The van der Waals surface area contributed by atoms with Crippen molar-refractivity contribution in [3.63, 3.8) is 0 Å². The third-order valence-electron chi connectivity index (χ3n) is 3.74. The molecule has 4 heteroatoms. The average molecular weight is 326 g/mol. The lowest BCUT2D eigenvalue weighted by Gasteiger charge is -2.07. The van der Waals surface area contributed by atoms with Gasteiger partial charge in [0.2, 0.25) is 0 Å². The van der Waals surface area contributed by atoms with Gasteiger partial charge >= 0.3 is 5.63 Å². The first-order valence-corrected chi connectivity index (χ1v) is 8.50. The van der Waals surface area contributed by atoms with Gasteiger partial charge in [-0.3, -0.25) is 0 Å². The highest BCUT2D eigenvalue weighted by molar-refractivity contribution is 7.98. The van der Waals surface area contributed by atoms with E-state index < -0.39 is 0 Å². The zero-order valence-corrected chi connectivity index (χ0v) is 14.0. The lowest BCUT2D eigenvalue weighted by Crippen LogP contribution is -2.00. The van der Waals surface area contributed by atoms with Crippen molar-refractivity contribution in [3.05, 3.63) is 70.1 Å². The summed E-state index contributed by atoms with van der Waals surface area (Å²) in [6.07, 6.45) is 0.919. The fourth-order valence-electron chi connectivity index (χ4n) is 2.47. The Morgan fingerprint density at radius 1 is 1.13 bits per heavy atom. The molecule has 0 aliphatic heterocycles. The van der Waals surface area contributed by atoms with Crippen LogP contribution in [0.3, 0.4) is 0 Å². The first kappa shape index (κ1) is 15.7. The first-order valence-electron chi connectivity index (χ1n) is 7.52. The summed E-state index contributed by atoms with van der Waals surface area (Å²) in [5.41, 5.74) is 2.52. The Labute approximate surface area is 139 Å². The fourth-order valence-corrected chi connectivity index (χ4v) is 3.40. The maximum atomic E-state index is 11.8. The minimum absolute atomic E-state index is 0.299. The minimum Gasteiger partial charge on any atom is -0.497 e. The van der Waals surface area contributed by atoms with Crippen molar-refractivity contribution in [2.24, 2.45) is 0 Å². The summed E-state index contributed by atoms with van der Waals surface area (Å²) < 4.78 is 10.6. The van der Waals surface area contributed by atoms with E-state index in [4.69, 9.17) is 9.15 Å². The van der Waals surface area contributed by atoms with Gasteiger partial charge in [0.15, 0.2) is 0 Å². The van der Waals surface area contributed by atoms with E-state index >= 15 is 0 Å². The predicted molar refractivity (Wildman–Crippen MR) is 94.4 cm³/mol. The van der Waals surface area contributed by atoms with E-state index in [9.17, 15) is 4.79 Å². The molecular formula is C19H18O3S. The van der Waals surface area contributed by atoms with Crippen LogP contribution in [-0.2, 0) is 12.2 Å². The van der Waals surface area contributed by atoms with Crippen LogP contribution in [0.1, 0.15) is 18.1 Å². The molecule has 3 aromatic rings. The van der Waals surface area contributed by atoms with Crippen molar-refractivity contribution >= 4 is 22.7 Å². The normalized spacial score (nSPS) is 10.9. The summed E-state index contributed by atoms with van der Waals surface area (Å²) in [6.45, 7) is 2.09. The maximum Gasteiger partial charge on any atom is 0.336 e. The quantitative estimate of drug-likeness (QED) is 0.505. The minimum atomic E-state index is -0.299. The number of aryl methyl sites for hydroxylation is 1. The van der Waals surface area contributed by atoms with Crippen LogP contribution >= 0.6 is 11.8 Å². The molecule has 0 saturated heterocycles. The number of rotatable bonds is 5. The molecule has 23 heavy (non-hydrogen) atoms. The smallest absolute Gasteiger partial charge is 0.336 e. The number of thioether (sulfide) groups is 1. The third kappa shape index (κ3) is 3.59. The number of hydrogen-bond acceptors (Lipinski definition) is 4. The Morgan fingerprint density at radius 2 is 2.00 bits per heavy atom. The van der Waals surface area contributed by atoms with Crippen LogP contribution < -0.4 is 10.4 Å². The largest absolute Gasteiger partial charge is 0.497 e. The summed E-state index contributed by atoms with van der Waals surface area (Å²) >= 11 is 1.68. The second-order valence-corrected chi connectivity index (χ2v) is 6.29. The summed E-state index contributed by atoms with van der Waals surface area (Å²) in [4.78, 5) is 12.9. The molecule has 1 aromatic heterocycles. The van der Waals surface area contributed by atoms with Crippen molar-refractivity contribution in [3.8, 4) is 5.75 Å². The van der Waals surface area contributed by atoms with E-state index in [0.29, 0.717) is 11.3 Å². The van der Waals surface area contributed by atoms with Gasteiger partial charge in [0.05, 0.1) is 7.11 Å². The zero-order valence-electron chi connectivity index (χ0n) is 13.2. The van der Waals surface area contributed by atoms with Crippen LogP contribution in [0.2, 0.25) is 0 Å². The molecule has 0 spiro atoms. The topological polar surface area (TPSA) is 39.4 Å². The molecule has 0 saturated carbocycles. The van der Waals surface area contributed by atoms with E-state index in [0.717, 1.165) is 28.0 Å². The standard InChI is InChI=1S/C19H18O3S/c1-3-13-7-8-17-14(10-19(20)22-18(17)9-13)12-23-16-6-4-5-15(11-16)21-2/h4-11H,3,12H2,1-2H3. The van der Waals surface area contributed by atoms with Crippen molar-refractivity contribution < 1.29 is 9.15 Å². The third-order valence-corrected chi connectivity index (χ3v) is 4.78. The van der Waals surface area contributed by atoms with Crippen LogP contribution in [-0.4, -0.2) is 7.11 Å². The van der Waals surface area contributed by atoms with Gasteiger partial charge < -0.3 is 9.15 Å². The first-order chi connectivity index (χ1) is 11.2. The van der Waals surface area contributed by atoms with E-state index in [1.54, 1.807) is 24.9 Å². The highest BCUT2D eigenvalue weighted by Gasteiger charge is 2.07. The van der Waals surface area contributed by atoms with Gasteiger partial charge in [0.25, 0.3) is 0 Å². The van der Waals surface area contributed by atoms with Gasteiger partial charge in [-0.1, -0.05) is 25.1 Å². The van der Waals surface area contributed by atoms with Crippen LogP contribution in [0.25, 0.3) is 11.0 Å². The maximum absolute atomic E-state index is 11.8. The molecule has 0 amide bonds. The Balaban J connectivity index is 1.91.